The molecule has 1 aliphatic rings. The number of carbonyl (C=O) groups is 1. The lowest BCUT2D eigenvalue weighted by Crippen LogP contribution is -2.46. The zero-order valence-corrected chi connectivity index (χ0v) is 12.2. The van der Waals surface area contributed by atoms with E-state index in [0.29, 0.717) is 6.42 Å². The number of hydrogen-bond acceptors (Lipinski definition) is 5. The number of nitrogens with zero attached hydrogens (tertiary/aromatic N) is 3. The normalized spacial score (nSPS) is 16.5. The van der Waals surface area contributed by atoms with Crippen LogP contribution in [0.25, 0.3) is 11.1 Å². The molecule has 21 heavy (non-hydrogen) atoms. The zero-order chi connectivity index (χ0) is 14.5. The molecule has 1 aliphatic heterocycles. The highest BCUT2D eigenvalue weighted by Crippen LogP contribution is 2.22. The van der Waals surface area contributed by atoms with Crippen molar-refractivity contribution in [2.24, 2.45) is 0 Å². The third kappa shape index (κ3) is 3.42. The average molecular weight is 287 g/mol. The molecule has 0 N–H and O–H groups in total. The molecule has 1 saturated heterocycles. The van der Waals surface area contributed by atoms with Gasteiger partial charge in [-0.15, -0.1) is 0 Å². The van der Waals surface area contributed by atoms with E-state index in [1.54, 1.807) is 0 Å². The summed E-state index contributed by atoms with van der Waals surface area (Å²) in [7, 11) is 0. The second kappa shape index (κ2) is 6.72. The van der Waals surface area contributed by atoms with Crippen LogP contribution in [-0.2, 0) is 4.79 Å². The molecule has 0 amide bonds. The lowest BCUT2D eigenvalue weighted by atomic mass is 10.2. The van der Waals surface area contributed by atoms with E-state index in [-0.39, 0.29) is 0 Å². The van der Waals surface area contributed by atoms with Crippen molar-refractivity contribution in [3.05, 3.63) is 24.3 Å². The van der Waals surface area contributed by atoms with E-state index in [1.165, 1.54) is 0 Å². The maximum Gasteiger partial charge on any atom is 0.298 e. The van der Waals surface area contributed by atoms with Crippen LogP contribution in [0, 0.1) is 0 Å². The fraction of sp³-hybridized carbons (Fsp3) is 0.500. The fourth-order valence-corrected chi connectivity index (χ4v) is 2.72. The minimum Gasteiger partial charge on any atom is -0.423 e. The van der Waals surface area contributed by atoms with Crippen LogP contribution >= 0.6 is 0 Å². The number of anilines is 1. The van der Waals surface area contributed by atoms with E-state index in [2.05, 4.69) is 14.8 Å². The summed E-state index contributed by atoms with van der Waals surface area (Å²) in [5.74, 6) is 0. The molecule has 0 saturated carbocycles. The van der Waals surface area contributed by atoms with Crippen molar-refractivity contribution < 1.29 is 9.21 Å². The van der Waals surface area contributed by atoms with Gasteiger partial charge in [-0.3, -0.25) is 4.90 Å². The molecule has 2 heterocycles. The number of oxazole rings is 1. The first kappa shape index (κ1) is 14.1. The minimum absolute atomic E-state index is 0.683. The first-order valence-electron chi connectivity index (χ1n) is 7.63. The summed E-state index contributed by atoms with van der Waals surface area (Å²) in [6, 6.07) is 8.61. The lowest BCUT2D eigenvalue weighted by molar-refractivity contribution is -0.107. The number of benzene rings is 1. The Labute approximate surface area is 124 Å². The molecule has 0 atom stereocenters. The first-order chi connectivity index (χ1) is 10.4. The van der Waals surface area contributed by atoms with Crippen molar-refractivity contribution in [2.45, 2.75) is 19.3 Å². The molecule has 0 radical (unpaired) electrons. The van der Waals surface area contributed by atoms with Crippen molar-refractivity contribution in [1.29, 1.82) is 0 Å². The van der Waals surface area contributed by atoms with Crippen molar-refractivity contribution in [3.63, 3.8) is 0 Å². The van der Waals surface area contributed by atoms with Crippen LogP contribution in [-0.4, -0.2) is 48.9 Å². The smallest absolute Gasteiger partial charge is 0.298 e. The molecule has 2 aromatic rings. The van der Waals surface area contributed by atoms with Gasteiger partial charge in [-0.1, -0.05) is 12.1 Å². The van der Waals surface area contributed by atoms with Gasteiger partial charge in [-0.05, 0) is 31.5 Å². The number of aromatic nitrogens is 1. The summed E-state index contributed by atoms with van der Waals surface area (Å²) in [4.78, 5) is 19.5. The molecule has 5 heteroatoms. The summed E-state index contributed by atoms with van der Waals surface area (Å²) in [5.41, 5.74) is 1.77. The Kier molecular flexibility index (Phi) is 4.50. The van der Waals surface area contributed by atoms with Crippen molar-refractivity contribution >= 4 is 23.4 Å². The lowest BCUT2D eigenvalue weighted by Gasteiger charge is -2.33. The maximum atomic E-state index is 10.3. The molecule has 1 aromatic heterocycles. The van der Waals surface area contributed by atoms with E-state index in [0.717, 1.165) is 69.0 Å². The number of carbonyl (C=O) groups excluding carboxylic acids is 1. The molecule has 0 bridgehead atoms. The zero-order valence-electron chi connectivity index (χ0n) is 12.2. The van der Waals surface area contributed by atoms with Crippen LogP contribution < -0.4 is 4.90 Å². The van der Waals surface area contributed by atoms with E-state index < -0.39 is 0 Å². The van der Waals surface area contributed by atoms with Crippen LogP contribution in [0.4, 0.5) is 6.01 Å². The molecule has 1 fully saturated rings. The second-order valence-electron chi connectivity index (χ2n) is 5.46. The Morgan fingerprint density at radius 3 is 2.71 bits per heavy atom. The molecule has 0 spiro atoms. The summed E-state index contributed by atoms with van der Waals surface area (Å²) >= 11 is 0. The largest absolute Gasteiger partial charge is 0.423 e. The van der Waals surface area contributed by atoms with Gasteiger partial charge in [0.1, 0.15) is 11.8 Å². The predicted octanol–water partition coefficient (Wildman–Crippen LogP) is 2.32. The van der Waals surface area contributed by atoms with Gasteiger partial charge in [0.25, 0.3) is 6.01 Å². The Bertz CT molecular complexity index is 555. The summed E-state index contributed by atoms with van der Waals surface area (Å²) in [6.45, 7) is 5.02. The van der Waals surface area contributed by atoms with Gasteiger partial charge in [-0.25, -0.2) is 0 Å². The SMILES string of the molecule is O=CCCCCN1CCN(c2nc3ccccc3o2)CC1. The summed E-state index contributed by atoms with van der Waals surface area (Å²) in [5, 5.41) is 0. The monoisotopic (exact) mass is 287 g/mol. The van der Waals surface area contributed by atoms with Crippen LogP contribution in [0.3, 0.4) is 0 Å². The topological polar surface area (TPSA) is 49.6 Å². The van der Waals surface area contributed by atoms with Crippen LogP contribution in [0.2, 0.25) is 0 Å². The third-order valence-electron chi connectivity index (χ3n) is 3.97. The number of hydrogen-bond donors (Lipinski definition) is 0. The molecular formula is C16H21N3O2. The summed E-state index contributed by atoms with van der Waals surface area (Å²) in [6.07, 6.45) is 3.78. The number of fused-ring (bicyclic) bond motifs is 1. The minimum atomic E-state index is 0.683. The molecule has 3 rings (SSSR count). The van der Waals surface area contributed by atoms with Gasteiger partial charge in [0.05, 0.1) is 0 Å². The van der Waals surface area contributed by atoms with Gasteiger partial charge >= 0.3 is 0 Å². The number of unbranched alkanes of at least 4 members (excludes halogenated alkanes) is 2. The van der Waals surface area contributed by atoms with Crippen molar-refractivity contribution in [2.75, 3.05) is 37.6 Å². The van der Waals surface area contributed by atoms with E-state index in [1.807, 2.05) is 24.3 Å². The molecular weight excluding hydrogens is 266 g/mol. The molecule has 112 valence electrons. The molecule has 0 unspecified atom stereocenters. The van der Waals surface area contributed by atoms with Gasteiger partial charge < -0.3 is 14.1 Å². The number of rotatable bonds is 6. The second-order valence-corrected chi connectivity index (χ2v) is 5.46. The molecule has 1 aromatic carbocycles. The highest BCUT2D eigenvalue weighted by atomic mass is 16.4. The number of aldehydes is 1. The Balaban J connectivity index is 1.52. The standard InChI is InChI=1S/C16H21N3O2/c20-13-5-1-4-8-18-9-11-19(12-10-18)16-17-14-6-2-3-7-15(14)21-16/h2-3,6-7,13H,1,4-5,8-12H2. The molecule has 5 nitrogen and oxygen atoms in total. The van der Waals surface area contributed by atoms with Crippen molar-refractivity contribution in [1.82, 2.24) is 9.88 Å². The molecule has 0 aliphatic carbocycles. The highest BCUT2D eigenvalue weighted by Gasteiger charge is 2.20. The quantitative estimate of drug-likeness (QED) is 0.603. The van der Waals surface area contributed by atoms with E-state index in [9.17, 15) is 4.79 Å². The van der Waals surface area contributed by atoms with Gasteiger partial charge in [0, 0.05) is 32.6 Å². The van der Waals surface area contributed by atoms with Crippen molar-refractivity contribution in [3.8, 4) is 0 Å². The highest BCUT2D eigenvalue weighted by molar-refractivity contribution is 5.74. The van der Waals surface area contributed by atoms with Crippen LogP contribution in [0.5, 0.6) is 0 Å². The van der Waals surface area contributed by atoms with Gasteiger partial charge in [0.15, 0.2) is 5.58 Å². The van der Waals surface area contributed by atoms with E-state index in [4.69, 9.17) is 4.42 Å². The predicted molar refractivity (Wildman–Crippen MR) is 82.6 cm³/mol. The van der Waals surface area contributed by atoms with Crippen LogP contribution in [0.15, 0.2) is 28.7 Å². The maximum absolute atomic E-state index is 10.3. The fourth-order valence-electron chi connectivity index (χ4n) is 2.72. The van der Waals surface area contributed by atoms with E-state index >= 15 is 0 Å². The summed E-state index contributed by atoms with van der Waals surface area (Å²) < 4.78 is 5.81. The Morgan fingerprint density at radius 2 is 1.95 bits per heavy atom. The number of para-hydroxylation sites is 2. The average Bonchev–Trinajstić information content (AvgIpc) is 2.96. The Hall–Kier alpha value is -1.88. The Morgan fingerprint density at radius 1 is 1.14 bits per heavy atom. The first-order valence-corrected chi connectivity index (χ1v) is 7.63. The third-order valence-corrected chi connectivity index (χ3v) is 3.97. The van der Waals surface area contributed by atoms with Crippen LogP contribution in [0.1, 0.15) is 19.3 Å². The van der Waals surface area contributed by atoms with Gasteiger partial charge in [0.2, 0.25) is 0 Å². The van der Waals surface area contributed by atoms with Gasteiger partial charge in [-0.2, -0.15) is 4.98 Å². The number of piperazine rings is 1.